The van der Waals surface area contributed by atoms with Gasteiger partial charge in [0.05, 0.1) is 0 Å². The Morgan fingerprint density at radius 2 is 2.57 bits per heavy atom. The van der Waals surface area contributed by atoms with Crippen molar-refractivity contribution in [3.63, 3.8) is 0 Å². The van der Waals surface area contributed by atoms with Crippen LogP contribution in [0.4, 0.5) is 4.79 Å². The summed E-state index contributed by atoms with van der Waals surface area (Å²) in [4.78, 5) is 12.8. The van der Waals surface area contributed by atoms with Crippen molar-refractivity contribution in [2.75, 3.05) is 0 Å². The van der Waals surface area contributed by atoms with Crippen LogP contribution in [0.1, 0.15) is 0 Å². The van der Waals surface area contributed by atoms with Crippen LogP contribution in [0.5, 0.6) is 0 Å². The highest BCUT2D eigenvalue weighted by atomic mass is 16.8. The van der Waals surface area contributed by atoms with Gasteiger partial charge in [0, 0.05) is 0 Å². The van der Waals surface area contributed by atoms with Gasteiger partial charge in [-0.05, 0) is 0 Å². The standard InChI is InChI=1S/C2H2N2O3/c3-1-4-7-2(5)6/h4H,(H,5,6). The maximum atomic E-state index is 9.32. The normalized spacial score (nSPS) is 6.14. The minimum Gasteiger partial charge on any atom is -0.448 e. The van der Waals surface area contributed by atoms with Crippen molar-refractivity contribution in [1.82, 2.24) is 5.48 Å². The number of nitriles is 1. The fourth-order valence-corrected chi connectivity index (χ4v) is 0.0665. The minimum absolute atomic E-state index is 1.25. The third-order valence-electron chi connectivity index (χ3n) is 0.184. The van der Waals surface area contributed by atoms with Gasteiger partial charge in [-0.3, -0.25) is 4.84 Å². The Morgan fingerprint density at radius 3 is 2.71 bits per heavy atom. The zero-order valence-corrected chi connectivity index (χ0v) is 3.21. The van der Waals surface area contributed by atoms with Gasteiger partial charge in [-0.15, -0.1) is 5.48 Å². The summed E-state index contributed by atoms with van der Waals surface area (Å²) >= 11 is 0. The Labute approximate surface area is 39.1 Å². The van der Waals surface area contributed by atoms with Crippen LogP contribution in [0.2, 0.25) is 0 Å². The Bertz CT molecular complexity index is 104. The first kappa shape index (κ1) is 5.56. The quantitative estimate of drug-likeness (QED) is 0.269. The molecule has 0 aliphatic rings. The highest BCUT2D eigenvalue weighted by molar-refractivity contribution is 5.56. The third kappa shape index (κ3) is 4.56. The monoisotopic (exact) mass is 102 g/mol. The van der Waals surface area contributed by atoms with Crippen molar-refractivity contribution >= 4 is 6.16 Å². The molecule has 0 aliphatic carbocycles. The Hall–Kier alpha value is -1.44. The van der Waals surface area contributed by atoms with E-state index in [1.54, 1.807) is 0 Å². The van der Waals surface area contributed by atoms with E-state index < -0.39 is 6.16 Å². The highest BCUT2D eigenvalue weighted by Gasteiger charge is 1.89. The molecule has 5 nitrogen and oxygen atoms in total. The molecule has 0 bridgehead atoms. The summed E-state index contributed by atoms with van der Waals surface area (Å²) < 4.78 is 0. The van der Waals surface area contributed by atoms with Crippen LogP contribution in [0.25, 0.3) is 0 Å². The average Bonchev–Trinajstić information content (AvgIpc) is 1.61. The van der Waals surface area contributed by atoms with E-state index >= 15 is 0 Å². The van der Waals surface area contributed by atoms with E-state index in [1.165, 1.54) is 11.7 Å². The molecule has 7 heavy (non-hydrogen) atoms. The molecule has 0 atom stereocenters. The van der Waals surface area contributed by atoms with Crippen LogP contribution in [0, 0.1) is 11.5 Å². The zero-order chi connectivity index (χ0) is 5.70. The summed E-state index contributed by atoms with van der Waals surface area (Å²) in [5.41, 5.74) is 1.45. The average molecular weight is 102 g/mol. The topological polar surface area (TPSA) is 82.3 Å². The Morgan fingerprint density at radius 1 is 2.00 bits per heavy atom. The molecule has 0 heterocycles. The molecule has 0 fully saturated rings. The third-order valence-corrected chi connectivity index (χ3v) is 0.184. The first-order chi connectivity index (χ1) is 3.27. The second kappa shape index (κ2) is 2.78. The molecule has 0 spiro atoms. The van der Waals surface area contributed by atoms with Gasteiger partial charge >= 0.3 is 6.16 Å². The number of rotatable bonds is 1. The van der Waals surface area contributed by atoms with Gasteiger partial charge in [0.25, 0.3) is 0 Å². The van der Waals surface area contributed by atoms with E-state index in [4.69, 9.17) is 10.4 Å². The molecule has 0 aromatic carbocycles. The predicted octanol–water partition coefficient (Wildman–Crippen LogP) is -0.333. The second-order valence-corrected chi connectivity index (χ2v) is 0.582. The fraction of sp³-hybridized carbons (Fsp3) is 0. The van der Waals surface area contributed by atoms with Gasteiger partial charge in [-0.25, -0.2) is 4.79 Å². The van der Waals surface area contributed by atoms with Crippen molar-refractivity contribution in [3.8, 4) is 6.19 Å². The van der Waals surface area contributed by atoms with Crippen LogP contribution in [0.15, 0.2) is 0 Å². The molecule has 0 aliphatic heterocycles. The van der Waals surface area contributed by atoms with Crippen LogP contribution in [-0.4, -0.2) is 11.3 Å². The Kier molecular flexibility index (Phi) is 2.21. The van der Waals surface area contributed by atoms with Crippen molar-refractivity contribution in [2.24, 2.45) is 0 Å². The molecule has 5 heteroatoms. The molecule has 0 aromatic rings. The lowest BCUT2D eigenvalue weighted by Gasteiger charge is -1.86. The van der Waals surface area contributed by atoms with Crippen LogP contribution in [0.3, 0.4) is 0 Å². The molecule has 0 saturated carbocycles. The molecule has 0 radical (unpaired) electrons. The van der Waals surface area contributed by atoms with Crippen molar-refractivity contribution in [2.45, 2.75) is 0 Å². The SMILES string of the molecule is N#CNOC(=O)O. The molecule has 0 saturated heterocycles. The van der Waals surface area contributed by atoms with Crippen LogP contribution in [-0.2, 0) is 4.84 Å². The van der Waals surface area contributed by atoms with E-state index in [9.17, 15) is 4.79 Å². The van der Waals surface area contributed by atoms with Crippen molar-refractivity contribution < 1.29 is 14.7 Å². The number of nitrogens with one attached hydrogen (secondary N) is 1. The second-order valence-electron chi connectivity index (χ2n) is 0.582. The van der Waals surface area contributed by atoms with E-state index in [0.717, 1.165) is 0 Å². The maximum absolute atomic E-state index is 9.32. The molecule has 2 N–H and O–H groups in total. The first-order valence-corrected chi connectivity index (χ1v) is 1.31. The predicted molar refractivity (Wildman–Crippen MR) is 17.9 cm³/mol. The summed E-state index contributed by atoms with van der Waals surface area (Å²) in [6.07, 6.45) is -0.280. The number of hydroxylamine groups is 1. The van der Waals surface area contributed by atoms with E-state index in [-0.39, 0.29) is 0 Å². The van der Waals surface area contributed by atoms with Gasteiger partial charge in [-0.1, -0.05) is 0 Å². The van der Waals surface area contributed by atoms with Crippen LogP contribution >= 0.6 is 0 Å². The van der Waals surface area contributed by atoms with Crippen molar-refractivity contribution in [1.29, 1.82) is 5.26 Å². The summed E-state index contributed by atoms with van der Waals surface area (Å²) in [6, 6.07) is 0. The lowest BCUT2D eigenvalue weighted by Crippen LogP contribution is -2.11. The van der Waals surface area contributed by atoms with Crippen molar-refractivity contribution in [3.05, 3.63) is 0 Å². The fourth-order valence-electron chi connectivity index (χ4n) is 0.0665. The molecule has 38 valence electrons. The molecule has 0 aromatic heterocycles. The zero-order valence-electron chi connectivity index (χ0n) is 3.21. The van der Waals surface area contributed by atoms with E-state index in [1.807, 2.05) is 0 Å². The summed E-state index contributed by atoms with van der Waals surface area (Å²) in [7, 11) is 0. The Balaban J connectivity index is 3.02. The summed E-state index contributed by atoms with van der Waals surface area (Å²) in [5, 5.41) is 15.2. The van der Waals surface area contributed by atoms with Gasteiger partial charge in [0.2, 0.25) is 6.19 Å². The number of carbonyl (C=O) groups is 1. The van der Waals surface area contributed by atoms with Gasteiger partial charge in [0.1, 0.15) is 0 Å². The maximum Gasteiger partial charge on any atom is 0.531 e. The van der Waals surface area contributed by atoms with Gasteiger partial charge in [-0.2, -0.15) is 5.26 Å². The molecular weight excluding hydrogens is 100 g/mol. The van der Waals surface area contributed by atoms with Gasteiger partial charge in [0.15, 0.2) is 0 Å². The van der Waals surface area contributed by atoms with E-state index in [2.05, 4.69) is 4.84 Å². The van der Waals surface area contributed by atoms with E-state index in [0.29, 0.717) is 0 Å². The number of nitrogens with zero attached hydrogens (tertiary/aromatic N) is 1. The lowest BCUT2D eigenvalue weighted by atomic mass is 11.4. The lowest BCUT2D eigenvalue weighted by molar-refractivity contribution is 0.0641. The molecular formula is C2H2N2O3. The molecule has 0 amide bonds. The smallest absolute Gasteiger partial charge is 0.448 e. The number of hydrogen-bond donors (Lipinski definition) is 2. The molecule has 0 unspecified atom stereocenters. The minimum atomic E-state index is -1.53. The number of carboxylic acid groups (broad SMARTS) is 1. The number of hydrogen-bond acceptors (Lipinski definition) is 4. The largest absolute Gasteiger partial charge is 0.531 e. The summed E-state index contributed by atoms with van der Waals surface area (Å²) in [5.74, 6) is 0. The van der Waals surface area contributed by atoms with Gasteiger partial charge < -0.3 is 5.11 Å². The molecule has 0 rings (SSSR count). The first-order valence-electron chi connectivity index (χ1n) is 1.31. The van der Waals surface area contributed by atoms with Crippen LogP contribution < -0.4 is 5.48 Å². The summed E-state index contributed by atoms with van der Waals surface area (Å²) in [6.45, 7) is 0. The highest BCUT2D eigenvalue weighted by Crippen LogP contribution is 1.62.